The van der Waals surface area contributed by atoms with E-state index >= 15 is 0 Å². The van der Waals surface area contributed by atoms with Crippen LogP contribution >= 0.6 is 0 Å². The van der Waals surface area contributed by atoms with Gasteiger partial charge in [0.2, 0.25) is 11.8 Å². The van der Waals surface area contributed by atoms with Gasteiger partial charge in [-0.05, 0) is 57.5 Å². The molecule has 0 unspecified atom stereocenters. The van der Waals surface area contributed by atoms with E-state index in [-0.39, 0.29) is 40.6 Å². The highest BCUT2D eigenvalue weighted by atomic mass is 32.2. The third-order valence-corrected chi connectivity index (χ3v) is 8.67. The highest BCUT2D eigenvalue weighted by Gasteiger charge is 2.34. The average Bonchev–Trinajstić information content (AvgIpc) is 3.00. The molecule has 0 aliphatic carbocycles. The van der Waals surface area contributed by atoms with E-state index in [0.29, 0.717) is 11.5 Å². The maximum absolute atomic E-state index is 14.4. The quantitative estimate of drug-likeness (QED) is 0.283. The number of rotatable bonds is 14. The van der Waals surface area contributed by atoms with Crippen LogP contribution < -0.4 is 28.6 Å². The van der Waals surface area contributed by atoms with E-state index in [9.17, 15) is 18.0 Å². The maximum atomic E-state index is 14.4. The number of aryl methyl sites for hydroxylation is 1. The maximum Gasteiger partial charge on any atom is 0.265 e. The van der Waals surface area contributed by atoms with E-state index in [1.165, 1.54) is 57.6 Å². The second-order valence-corrected chi connectivity index (χ2v) is 12.3. The summed E-state index contributed by atoms with van der Waals surface area (Å²) in [6, 6.07) is 15.3. The van der Waals surface area contributed by atoms with Crippen LogP contribution in [-0.2, 0) is 26.2 Å². The zero-order chi connectivity index (χ0) is 32.6. The van der Waals surface area contributed by atoms with Crippen molar-refractivity contribution in [1.82, 2.24) is 10.2 Å². The van der Waals surface area contributed by atoms with Crippen LogP contribution in [0.5, 0.6) is 23.0 Å². The molecule has 0 radical (unpaired) electrons. The predicted molar refractivity (Wildman–Crippen MR) is 168 cm³/mol. The molecule has 1 N–H and O–H groups in total. The van der Waals surface area contributed by atoms with Crippen molar-refractivity contribution in [2.75, 3.05) is 39.3 Å². The van der Waals surface area contributed by atoms with Crippen molar-refractivity contribution < 1.29 is 37.0 Å². The minimum Gasteiger partial charge on any atom is -0.497 e. The van der Waals surface area contributed by atoms with Gasteiger partial charge in [0, 0.05) is 24.7 Å². The van der Waals surface area contributed by atoms with Gasteiger partial charge in [-0.3, -0.25) is 13.9 Å². The molecule has 3 aromatic carbocycles. The predicted octanol–water partition coefficient (Wildman–Crippen LogP) is 4.17. The van der Waals surface area contributed by atoms with Crippen molar-refractivity contribution in [2.24, 2.45) is 0 Å². The molecule has 0 saturated heterocycles. The molecule has 2 amide bonds. The van der Waals surface area contributed by atoms with E-state index in [1.807, 2.05) is 45.0 Å². The lowest BCUT2D eigenvalue weighted by molar-refractivity contribution is -0.139. The van der Waals surface area contributed by atoms with Crippen LogP contribution in [0.4, 0.5) is 5.69 Å². The van der Waals surface area contributed by atoms with Crippen LogP contribution in [0.2, 0.25) is 0 Å². The fourth-order valence-corrected chi connectivity index (χ4v) is 6.04. The zero-order valence-corrected chi connectivity index (χ0v) is 27.2. The van der Waals surface area contributed by atoms with Gasteiger partial charge in [-0.1, -0.05) is 29.8 Å². The number of methoxy groups -OCH3 is 4. The lowest BCUT2D eigenvalue weighted by atomic mass is 10.1. The molecule has 0 bridgehead atoms. The number of hydrogen-bond donors (Lipinski definition) is 1. The Kier molecular flexibility index (Phi) is 11.5. The standard InChI is InChI=1S/C32H41N3O8S/c1-21(2)33-32(37)23(4)34(19-24-11-9-10-22(3)16-24)31(36)20-35(27-17-25(40-5)12-14-28(27)41-6)44(38,39)26-13-15-29(42-7)30(18-26)43-8/h9-18,21,23H,19-20H2,1-8H3,(H,33,37)/t23-/m0/s1. The number of amides is 2. The SMILES string of the molecule is COc1ccc(OC)c(N(CC(=O)N(Cc2cccc(C)c2)[C@@H](C)C(=O)NC(C)C)S(=O)(=O)c2ccc(OC)c(OC)c2)c1. The largest absolute Gasteiger partial charge is 0.497 e. The van der Waals surface area contributed by atoms with E-state index in [4.69, 9.17) is 18.9 Å². The van der Waals surface area contributed by atoms with Crippen LogP contribution in [0.3, 0.4) is 0 Å². The summed E-state index contributed by atoms with van der Waals surface area (Å²) in [5.74, 6) is 0.0986. The summed E-state index contributed by atoms with van der Waals surface area (Å²) in [5.41, 5.74) is 1.84. The topological polar surface area (TPSA) is 124 Å². The first-order valence-electron chi connectivity index (χ1n) is 14.0. The molecule has 1 atom stereocenters. The fraction of sp³-hybridized carbons (Fsp3) is 0.375. The minimum absolute atomic E-state index is 0.0739. The van der Waals surface area contributed by atoms with Gasteiger partial charge in [-0.2, -0.15) is 0 Å². The molecular formula is C32H41N3O8S. The van der Waals surface area contributed by atoms with Crippen LogP contribution in [0.1, 0.15) is 31.9 Å². The molecule has 0 aliphatic heterocycles. The van der Waals surface area contributed by atoms with Gasteiger partial charge in [-0.15, -0.1) is 0 Å². The number of carbonyl (C=O) groups is 2. The number of ether oxygens (including phenoxy) is 4. The van der Waals surface area contributed by atoms with Gasteiger partial charge in [0.05, 0.1) is 39.0 Å². The lowest BCUT2D eigenvalue weighted by Crippen LogP contribution is -2.52. The van der Waals surface area contributed by atoms with Crippen molar-refractivity contribution in [2.45, 2.75) is 51.2 Å². The summed E-state index contributed by atoms with van der Waals surface area (Å²) in [6.45, 7) is 6.62. The highest BCUT2D eigenvalue weighted by molar-refractivity contribution is 7.92. The third kappa shape index (κ3) is 7.93. The Morgan fingerprint density at radius 1 is 0.818 bits per heavy atom. The minimum atomic E-state index is -4.43. The van der Waals surface area contributed by atoms with E-state index in [1.54, 1.807) is 19.1 Å². The van der Waals surface area contributed by atoms with Crippen LogP contribution in [-0.4, -0.2) is 72.2 Å². The first kappa shape index (κ1) is 34.0. The van der Waals surface area contributed by atoms with E-state index < -0.39 is 28.5 Å². The lowest BCUT2D eigenvalue weighted by Gasteiger charge is -2.33. The zero-order valence-electron chi connectivity index (χ0n) is 26.4. The Hall–Kier alpha value is -4.45. The number of sulfonamides is 1. The average molecular weight is 628 g/mol. The van der Waals surface area contributed by atoms with Gasteiger partial charge in [0.15, 0.2) is 11.5 Å². The second kappa shape index (κ2) is 14.8. The van der Waals surface area contributed by atoms with Crippen molar-refractivity contribution in [1.29, 1.82) is 0 Å². The highest BCUT2D eigenvalue weighted by Crippen LogP contribution is 2.37. The molecule has 11 nitrogen and oxygen atoms in total. The molecule has 3 rings (SSSR count). The van der Waals surface area contributed by atoms with Crippen molar-refractivity contribution in [3.05, 3.63) is 71.8 Å². The fourth-order valence-electron chi connectivity index (χ4n) is 4.60. The molecule has 0 aromatic heterocycles. The Morgan fingerprint density at radius 3 is 2.07 bits per heavy atom. The van der Waals surface area contributed by atoms with E-state index in [0.717, 1.165) is 15.4 Å². The first-order chi connectivity index (χ1) is 20.9. The first-order valence-corrected chi connectivity index (χ1v) is 15.4. The normalized spacial score (nSPS) is 11.8. The Labute approximate surface area is 259 Å². The van der Waals surface area contributed by atoms with Crippen molar-refractivity contribution in [3.8, 4) is 23.0 Å². The van der Waals surface area contributed by atoms with Crippen molar-refractivity contribution in [3.63, 3.8) is 0 Å². The monoisotopic (exact) mass is 627 g/mol. The summed E-state index contributed by atoms with van der Waals surface area (Å²) in [5, 5.41) is 2.85. The number of hydrogen-bond acceptors (Lipinski definition) is 8. The third-order valence-electron chi connectivity index (χ3n) is 6.91. The number of nitrogens with zero attached hydrogens (tertiary/aromatic N) is 2. The second-order valence-electron chi connectivity index (χ2n) is 10.4. The molecule has 44 heavy (non-hydrogen) atoms. The number of carbonyl (C=O) groups excluding carboxylic acids is 2. The molecule has 0 heterocycles. The van der Waals surface area contributed by atoms with Gasteiger partial charge in [-0.25, -0.2) is 8.42 Å². The molecule has 0 fully saturated rings. The van der Waals surface area contributed by atoms with Gasteiger partial charge < -0.3 is 29.2 Å². The molecule has 0 spiro atoms. The molecule has 12 heteroatoms. The van der Waals surface area contributed by atoms with Gasteiger partial charge in [0.1, 0.15) is 24.1 Å². The summed E-state index contributed by atoms with van der Waals surface area (Å²) >= 11 is 0. The van der Waals surface area contributed by atoms with Gasteiger partial charge >= 0.3 is 0 Å². The molecule has 0 aliphatic rings. The van der Waals surface area contributed by atoms with Crippen LogP contribution in [0.25, 0.3) is 0 Å². The van der Waals surface area contributed by atoms with Gasteiger partial charge in [0.25, 0.3) is 10.0 Å². The Balaban J connectivity index is 2.18. The summed E-state index contributed by atoms with van der Waals surface area (Å²) in [4.78, 5) is 28.6. The Bertz CT molecular complexity index is 1580. The Morgan fingerprint density at radius 2 is 1.48 bits per heavy atom. The summed E-state index contributed by atoms with van der Waals surface area (Å²) in [7, 11) is 1.26. The van der Waals surface area contributed by atoms with Crippen molar-refractivity contribution >= 4 is 27.5 Å². The summed E-state index contributed by atoms with van der Waals surface area (Å²) in [6.07, 6.45) is 0. The molecule has 238 valence electrons. The van der Waals surface area contributed by atoms with Crippen LogP contribution in [0.15, 0.2) is 65.6 Å². The molecule has 3 aromatic rings. The number of nitrogens with one attached hydrogen (secondary N) is 1. The smallest absolute Gasteiger partial charge is 0.265 e. The summed E-state index contributed by atoms with van der Waals surface area (Å²) < 4.78 is 51.2. The van der Waals surface area contributed by atoms with Crippen LogP contribution in [0, 0.1) is 6.92 Å². The number of anilines is 1. The molecule has 0 saturated carbocycles. The number of benzene rings is 3. The molecular weight excluding hydrogens is 586 g/mol. The van der Waals surface area contributed by atoms with E-state index in [2.05, 4.69) is 5.32 Å².